The van der Waals surface area contributed by atoms with Gasteiger partial charge in [-0.15, -0.1) is 0 Å². The highest BCUT2D eigenvalue weighted by Crippen LogP contribution is 2.78. The Morgan fingerprint density at radius 3 is 1.90 bits per heavy atom. The molecule has 4 unspecified atom stereocenters. The fourth-order valence-electron chi connectivity index (χ4n) is 7.62. The molecule has 7 fully saturated rings. The van der Waals surface area contributed by atoms with Crippen LogP contribution in [0.3, 0.4) is 0 Å². The van der Waals surface area contributed by atoms with E-state index in [9.17, 15) is 19.8 Å². The van der Waals surface area contributed by atoms with Crippen LogP contribution in [-0.2, 0) is 9.59 Å². The summed E-state index contributed by atoms with van der Waals surface area (Å²) < 4.78 is 0. The van der Waals surface area contributed by atoms with Crippen LogP contribution in [0.4, 0.5) is 0 Å². The van der Waals surface area contributed by atoms with Crippen LogP contribution in [-0.4, -0.2) is 22.2 Å². The van der Waals surface area contributed by atoms with Crippen molar-refractivity contribution in [1.29, 1.82) is 0 Å². The quantitative estimate of drug-likeness (QED) is 0.811. The van der Waals surface area contributed by atoms with Gasteiger partial charge < -0.3 is 10.2 Å². The number of carboxylic acids is 2. The van der Waals surface area contributed by atoms with Gasteiger partial charge in [-0.2, -0.15) is 0 Å². The van der Waals surface area contributed by atoms with Crippen molar-refractivity contribution in [3.05, 3.63) is 0 Å². The summed E-state index contributed by atoms with van der Waals surface area (Å²) in [4.78, 5) is 23.9. The van der Waals surface area contributed by atoms with Gasteiger partial charge in [-0.3, -0.25) is 9.59 Å². The van der Waals surface area contributed by atoms with Gasteiger partial charge in [-0.25, -0.2) is 0 Å². The number of hydrogen-bond donors (Lipinski definition) is 2. The Bertz CT molecular complexity index is 515. The summed E-state index contributed by atoms with van der Waals surface area (Å²) in [7, 11) is 0. The summed E-state index contributed by atoms with van der Waals surface area (Å²) in [6.07, 6.45) is 5.25. The van der Waals surface area contributed by atoms with Gasteiger partial charge in [0.25, 0.3) is 0 Å². The van der Waals surface area contributed by atoms with Gasteiger partial charge >= 0.3 is 11.9 Å². The molecular formula is C16H20O4. The molecule has 108 valence electrons. The summed E-state index contributed by atoms with van der Waals surface area (Å²) >= 11 is 0. The maximum Gasteiger partial charge on any atom is 0.310 e. The van der Waals surface area contributed by atoms with Gasteiger partial charge in [0.2, 0.25) is 0 Å². The first-order chi connectivity index (χ1) is 9.48. The third-order valence-corrected chi connectivity index (χ3v) is 7.99. The zero-order valence-corrected chi connectivity index (χ0v) is 11.4. The van der Waals surface area contributed by atoms with Crippen molar-refractivity contribution in [1.82, 2.24) is 0 Å². The first-order valence-electron chi connectivity index (χ1n) is 7.95. The van der Waals surface area contributed by atoms with Crippen LogP contribution in [0.1, 0.15) is 38.5 Å². The molecule has 7 aliphatic rings. The van der Waals surface area contributed by atoms with Crippen molar-refractivity contribution < 1.29 is 19.8 Å². The van der Waals surface area contributed by atoms with Crippen molar-refractivity contribution >= 4 is 11.9 Å². The SMILES string of the molecule is O=C(O)C12CC3[C@H]4CC5C[C@@H]3[C@@H](C1)C(C(=O)O)(C5)[C@H]4C2. The molecule has 7 saturated carbocycles. The van der Waals surface area contributed by atoms with Gasteiger partial charge in [0.1, 0.15) is 0 Å². The highest BCUT2D eigenvalue weighted by Gasteiger charge is 2.76. The molecule has 0 saturated heterocycles. The number of carbonyl (C=O) groups is 2. The molecule has 2 N–H and O–H groups in total. The second-order valence-electron chi connectivity index (χ2n) is 8.29. The number of rotatable bonds is 2. The fraction of sp³-hybridized carbons (Fsp3) is 0.875. The van der Waals surface area contributed by atoms with E-state index in [1.165, 1.54) is 12.8 Å². The standard InChI is InChI=1S/C16H20O4/c17-13(18)15-4-10-8-1-7-2-9(10)12(6-15)16(3-7,14(19)20)11(8)5-15/h7-12H,1-6H2,(H,17,18)(H,19,20)/t7?,8-,9+,10?,11+,12-,15?,16?. The molecule has 0 aliphatic heterocycles. The molecule has 8 bridgehead atoms. The van der Waals surface area contributed by atoms with Crippen LogP contribution < -0.4 is 0 Å². The lowest BCUT2D eigenvalue weighted by Gasteiger charge is -2.74. The van der Waals surface area contributed by atoms with Crippen LogP contribution in [0, 0.1) is 46.3 Å². The third kappa shape index (κ3) is 0.961. The minimum atomic E-state index is -0.661. The van der Waals surface area contributed by atoms with Crippen molar-refractivity contribution in [2.75, 3.05) is 0 Å². The zero-order valence-electron chi connectivity index (χ0n) is 11.4. The van der Waals surface area contributed by atoms with Crippen molar-refractivity contribution in [2.45, 2.75) is 38.5 Å². The van der Waals surface area contributed by atoms with E-state index in [0.717, 1.165) is 12.8 Å². The molecule has 20 heavy (non-hydrogen) atoms. The van der Waals surface area contributed by atoms with Crippen molar-refractivity contribution in [3.8, 4) is 0 Å². The molecule has 7 aliphatic carbocycles. The Kier molecular flexibility index (Phi) is 1.78. The normalized spacial score (nSPS) is 61.0. The van der Waals surface area contributed by atoms with Gasteiger partial charge in [0.05, 0.1) is 10.8 Å². The average molecular weight is 276 g/mol. The molecule has 0 radical (unpaired) electrons. The van der Waals surface area contributed by atoms with Crippen molar-refractivity contribution in [3.63, 3.8) is 0 Å². The van der Waals surface area contributed by atoms with E-state index in [1.807, 2.05) is 0 Å². The van der Waals surface area contributed by atoms with E-state index in [1.54, 1.807) is 0 Å². The van der Waals surface area contributed by atoms with E-state index in [0.29, 0.717) is 36.5 Å². The lowest BCUT2D eigenvalue weighted by molar-refractivity contribution is -0.276. The molecular weight excluding hydrogens is 256 g/mol. The Morgan fingerprint density at radius 2 is 1.40 bits per heavy atom. The molecule has 8 atom stereocenters. The number of aliphatic carboxylic acids is 2. The summed E-state index contributed by atoms with van der Waals surface area (Å²) in [5.74, 6) is 1.12. The Labute approximate surface area is 117 Å². The summed E-state index contributed by atoms with van der Waals surface area (Å²) in [6, 6.07) is 0. The summed E-state index contributed by atoms with van der Waals surface area (Å²) in [5.41, 5.74) is -1.15. The third-order valence-electron chi connectivity index (χ3n) is 7.99. The predicted octanol–water partition coefficient (Wildman–Crippen LogP) is 2.23. The Morgan fingerprint density at radius 1 is 0.800 bits per heavy atom. The van der Waals surface area contributed by atoms with Crippen LogP contribution >= 0.6 is 0 Å². The maximum absolute atomic E-state index is 12.1. The molecule has 0 aromatic carbocycles. The average Bonchev–Trinajstić information content (AvgIpc) is 2.43. The molecule has 4 nitrogen and oxygen atoms in total. The predicted molar refractivity (Wildman–Crippen MR) is 68.8 cm³/mol. The Balaban J connectivity index is 1.71. The molecule has 7 rings (SSSR count). The zero-order chi connectivity index (χ0) is 13.9. The molecule has 0 aromatic heterocycles. The first kappa shape index (κ1) is 11.6. The number of carboxylic acid groups (broad SMARTS) is 2. The van der Waals surface area contributed by atoms with E-state index in [2.05, 4.69) is 0 Å². The lowest BCUT2D eigenvalue weighted by Crippen LogP contribution is -2.73. The highest BCUT2D eigenvalue weighted by molar-refractivity contribution is 5.80. The minimum Gasteiger partial charge on any atom is -0.481 e. The second kappa shape index (κ2) is 3.07. The van der Waals surface area contributed by atoms with Crippen LogP contribution in [0.2, 0.25) is 0 Å². The lowest BCUT2D eigenvalue weighted by atomic mass is 9.28. The summed E-state index contributed by atoms with van der Waals surface area (Å²) in [5, 5.41) is 19.7. The van der Waals surface area contributed by atoms with Crippen molar-refractivity contribution in [2.24, 2.45) is 46.3 Å². The molecule has 4 heteroatoms. The van der Waals surface area contributed by atoms with Crippen LogP contribution in [0.15, 0.2) is 0 Å². The van der Waals surface area contributed by atoms with E-state index in [-0.39, 0.29) is 11.8 Å². The fourth-order valence-corrected chi connectivity index (χ4v) is 7.62. The van der Waals surface area contributed by atoms with Gasteiger partial charge in [0, 0.05) is 0 Å². The monoisotopic (exact) mass is 276 g/mol. The van der Waals surface area contributed by atoms with Gasteiger partial charge in [-0.1, -0.05) is 0 Å². The van der Waals surface area contributed by atoms with E-state index >= 15 is 0 Å². The smallest absolute Gasteiger partial charge is 0.310 e. The first-order valence-corrected chi connectivity index (χ1v) is 7.95. The van der Waals surface area contributed by atoms with E-state index in [4.69, 9.17) is 0 Å². The van der Waals surface area contributed by atoms with E-state index < -0.39 is 22.8 Å². The van der Waals surface area contributed by atoms with Crippen LogP contribution in [0.25, 0.3) is 0 Å². The molecule has 0 spiro atoms. The largest absolute Gasteiger partial charge is 0.481 e. The van der Waals surface area contributed by atoms with Gasteiger partial charge in [-0.05, 0) is 74.0 Å². The minimum absolute atomic E-state index is 0.140. The maximum atomic E-state index is 12.1. The topological polar surface area (TPSA) is 74.6 Å². The molecule has 0 amide bonds. The molecule has 0 heterocycles. The summed E-state index contributed by atoms with van der Waals surface area (Å²) in [6.45, 7) is 0. The molecule has 0 aromatic rings. The highest BCUT2D eigenvalue weighted by atomic mass is 16.4. The Hall–Kier alpha value is -1.06. The van der Waals surface area contributed by atoms with Gasteiger partial charge in [0.15, 0.2) is 0 Å². The number of hydrogen-bond acceptors (Lipinski definition) is 2. The second-order valence-corrected chi connectivity index (χ2v) is 8.29. The van der Waals surface area contributed by atoms with Crippen LogP contribution in [0.5, 0.6) is 0 Å².